The first-order chi connectivity index (χ1) is 21.1. The SMILES string of the molecule is CC[C@H](C)NC(=O)[C@H](Cc1ccccc1)N(Cc1ccc(C)cc1)C(=O)CN(c1ccc(Br)cc1)S(=O)(=O)c1ccccc1. The van der Waals surface area contributed by atoms with E-state index in [-0.39, 0.29) is 29.8 Å². The van der Waals surface area contributed by atoms with Gasteiger partial charge in [-0.2, -0.15) is 0 Å². The van der Waals surface area contributed by atoms with Crippen LogP contribution in [-0.4, -0.2) is 43.8 Å². The third-order valence-electron chi connectivity index (χ3n) is 7.47. The normalized spacial score (nSPS) is 12.6. The molecule has 0 aromatic heterocycles. The van der Waals surface area contributed by atoms with Gasteiger partial charge < -0.3 is 10.2 Å². The summed E-state index contributed by atoms with van der Waals surface area (Å²) < 4.78 is 29.9. The molecule has 0 unspecified atom stereocenters. The van der Waals surface area contributed by atoms with Gasteiger partial charge in [0.05, 0.1) is 10.6 Å². The van der Waals surface area contributed by atoms with E-state index in [1.54, 1.807) is 42.5 Å². The van der Waals surface area contributed by atoms with E-state index in [2.05, 4.69) is 21.2 Å². The number of carbonyl (C=O) groups excluding carboxylic acids is 2. The maximum Gasteiger partial charge on any atom is 0.264 e. The number of halogens is 1. The molecule has 0 aliphatic carbocycles. The average molecular weight is 677 g/mol. The Labute approximate surface area is 269 Å². The Bertz CT molecular complexity index is 1630. The molecule has 0 bridgehead atoms. The number of amides is 2. The molecule has 0 spiro atoms. The van der Waals surface area contributed by atoms with Gasteiger partial charge in [0.15, 0.2) is 0 Å². The number of hydrogen-bond donors (Lipinski definition) is 1. The van der Waals surface area contributed by atoms with Gasteiger partial charge >= 0.3 is 0 Å². The zero-order chi connectivity index (χ0) is 31.7. The number of rotatable bonds is 13. The summed E-state index contributed by atoms with van der Waals surface area (Å²) in [6.07, 6.45) is 0.993. The smallest absolute Gasteiger partial charge is 0.264 e. The lowest BCUT2D eigenvalue weighted by atomic mass is 10.0. The standard InChI is InChI=1S/C35H38BrN3O4S/c1-4-27(3)37-35(41)33(23-28-11-7-5-8-12-28)38(24-29-17-15-26(2)16-18-29)34(40)25-39(31-21-19-30(36)20-22-31)44(42,43)32-13-9-6-10-14-32/h5-22,27,33H,4,23-25H2,1-3H3,(H,37,41)/t27-,33-/m0/s1. The molecule has 4 rings (SSSR count). The summed E-state index contributed by atoms with van der Waals surface area (Å²) in [4.78, 5) is 29.9. The summed E-state index contributed by atoms with van der Waals surface area (Å²) in [6, 6.07) is 31.1. The van der Waals surface area contributed by atoms with Crippen LogP contribution in [-0.2, 0) is 32.6 Å². The second kappa shape index (κ2) is 15.2. The van der Waals surface area contributed by atoms with Crippen molar-refractivity contribution in [1.82, 2.24) is 10.2 Å². The van der Waals surface area contributed by atoms with Gasteiger partial charge in [0.25, 0.3) is 10.0 Å². The molecular weight excluding hydrogens is 638 g/mol. The molecule has 2 amide bonds. The molecule has 0 fully saturated rings. The van der Waals surface area contributed by atoms with Crippen molar-refractivity contribution in [2.75, 3.05) is 10.8 Å². The maximum absolute atomic E-state index is 14.5. The highest BCUT2D eigenvalue weighted by molar-refractivity contribution is 9.10. The number of aryl methyl sites for hydroxylation is 1. The zero-order valence-electron chi connectivity index (χ0n) is 25.2. The number of nitrogens with zero attached hydrogens (tertiary/aromatic N) is 2. The minimum atomic E-state index is -4.13. The summed E-state index contributed by atoms with van der Waals surface area (Å²) in [5.74, 6) is -0.780. The van der Waals surface area contributed by atoms with Crippen LogP contribution < -0.4 is 9.62 Å². The molecule has 230 valence electrons. The number of carbonyl (C=O) groups is 2. The quantitative estimate of drug-likeness (QED) is 0.175. The lowest BCUT2D eigenvalue weighted by Gasteiger charge is -2.34. The van der Waals surface area contributed by atoms with Gasteiger partial charge in [-0.1, -0.05) is 101 Å². The minimum absolute atomic E-state index is 0.0659. The van der Waals surface area contributed by atoms with E-state index in [0.717, 1.165) is 31.9 Å². The van der Waals surface area contributed by atoms with E-state index in [1.807, 2.05) is 75.4 Å². The maximum atomic E-state index is 14.5. The summed E-state index contributed by atoms with van der Waals surface area (Å²) in [5.41, 5.74) is 3.13. The van der Waals surface area contributed by atoms with Gasteiger partial charge in [0.2, 0.25) is 11.8 Å². The Morgan fingerprint density at radius 3 is 2.00 bits per heavy atom. The highest BCUT2D eigenvalue weighted by atomic mass is 79.9. The molecule has 0 aliphatic heterocycles. The van der Waals surface area contributed by atoms with Crippen LogP contribution in [0.15, 0.2) is 119 Å². The first-order valence-electron chi connectivity index (χ1n) is 14.6. The second-order valence-corrected chi connectivity index (χ2v) is 13.6. The molecule has 0 aliphatic rings. The third-order valence-corrected chi connectivity index (χ3v) is 9.79. The van der Waals surface area contributed by atoms with Gasteiger partial charge in [-0.3, -0.25) is 13.9 Å². The summed E-state index contributed by atoms with van der Waals surface area (Å²) >= 11 is 3.41. The fraction of sp³-hybridized carbons (Fsp3) is 0.257. The van der Waals surface area contributed by atoms with Crippen molar-refractivity contribution >= 4 is 43.5 Å². The Kier molecular flexibility index (Phi) is 11.4. The molecule has 0 heterocycles. The summed E-state index contributed by atoms with van der Waals surface area (Å²) in [6.45, 7) is 5.52. The molecule has 9 heteroatoms. The number of anilines is 1. The van der Waals surface area contributed by atoms with Crippen LogP contribution in [0.4, 0.5) is 5.69 Å². The monoisotopic (exact) mass is 675 g/mol. The zero-order valence-corrected chi connectivity index (χ0v) is 27.6. The number of benzene rings is 4. The van der Waals surface area contributed by atoms with Crippen molar-refractivity contribution in [1.29, 1.82) is 0 Å². The van der Waals surface area contributed by atoms with Gasteiger partial charge in [-0.05, 0) is 67.8 Å². The molecule has 4 aromatic carbocycles. The van der Waals surface area contributed by atoms with Crippen molar-refractivity contribution in [3.63, 3.8) is 0 Å². The van der Waals surface area contributed by atoms with Crippen molar-refractivity contribution in [2.24, 2.45) is 0 Å². The first kappa shape index (κ1) is 33.0. The molecule has 0 radical (unpaired) electrons. The lowest BCUT2D eigenvalue weighted by molar-refractivity contribution is -0.140. The van der Waals surface area contributed by atoms with Crippen molar-refractivity contribution in [3.05, 3.63) is 130 Å². The third kappa shape index (κ3) is 8.57. The highest BCUT2D eigenvalue weighted by Gasteiger charge is 2.35. The molecule has 2 atom stereocenters. The topological polar surface area (TPSA) is 86.8 Å². The molecule has 1 N–H and O–H groups in total. The van der Waals surface area contributed by atoms with Gasteiger partial charge in [0, 0.05) is 23.5 Å². The van der Waals surface area contributed by atoms with Crippen molar-refractivity contribution < 1.29 is 18.0 Å². The van der Waals surface area contributed by atoms with Gasteiger partial charge in [0.1, 0.15) is 12.6 Å². The van der Waals surface area contributed by atoms with Gasteiger partial charge in [-0.25, -0.2) is 8.42 Å². The van der Waals surface area contributed by atoms with E-state index < -0.39 is 28.5 Å². The Balaban J connectivity index is 1.79. The van der Waals surface area contributed by atoms with Gasteiger partial charge in [-0.15, -0.1) is 0 Å². The Morgan fingerprint density at radius 2 is 1.41 bits per heavy atom. The fourth-order valence-corrected chi connectivity index (χ4v) is 6.44. The second-order valence-electron chi connectivity index (χ2n) is 10.8. The van der Waals surface area contributed by atoms with Crippen LogP contribution in [0.2, 0.25) is 0 Å². The summed E-state index contributed by atoms with van der Waals surface area (Å²) in [7, 11) is -4.13. The van der Waals surface area contributed by atoms with Crippen LogP contribution in [0.5, 0.6) is 0 Å². The molecule has 44 heavy (non-hydrogen) atoms. The van der Waals surface area contributed by atoms with Crippen molar-refractivity contribution in [2.45, 2.75) is 57.1 Å². The molecule has 4 aromatic rings. The number of hydrogen-bond acceptors (Lipinski definition) is 4. The largest absolute Gasteiger partial charge is 0.352 e. The average Bonchev–Trinajstić information content (AvgIpc) is 3.03. The van der Waals surface area contributed by atoms with E-state index in [4.69, 9.17) is 0 Å². The predicted molar refractivity (Wildman–Crippen MR) is 179 cm³/mol. The first-order valence-corrected chi connectivity index (χ1v) is 16.8. The molecular formula is C35H38BrN3O4S. The van der Waals surface area contributed by atoms with Crippen LogP contribution in [0.1, 0.15) is 37.0 Å². The van der Waals surface area contributed by atoms with E-state index in [9.17, 15) is 18.0 Å². The van der Waals surface area contributed by atoms with Crippen LogP contribution in [0.25, 0.3) is 0 Å². The van der Waals surface area contributed by atoms with E-state index >= 15 is 0 Å². The van der Waals surface area contributed by atoms with Crippen LogP contribution >= 0.6 is 15.9 Å². The Morgan fingerprint density at radius 1 is 0.818 bits per heavy atom. The van der Waals surface area contributed by atoms with E-state index in [1.165, 1.54) is 17.0 Å². The Hall–Kier alpha value is -3.95. The molecule has 7 nitrogen and oxygen atoms in total. The number of sulfonamides is 1. The lowest BCUT2D eigenvalue weighted by Crippen LogP contribution is -2.54. The highest BCUT2D eigenvalue weighted by Crippen LogP contribution is 2.26. The van der Waals surface area contributed by atoms with Crippen molar-refractivity contribution in [3.8, 4) is 0 Å². The minimum Gasteiger partial charge on any atom is -0.352 e. The summed E-state index contributed by atoms with van der Waals surface area (Å²) in [5, 5.41) is 3.06. The predicted octanol–water partition coefficient (Wildman–Crippen LogP) is 6.51. The van der Waals surface area contributed by atoms with Crippen LogP contribution in [0.3, 0.4) is 0 Å². The van der Waals surface area contributed by atoms with Crippen LogP contribution in [0, 0.1) is 6.92 Å². The molecule has 0 saturated carbocycles. The molecule has 0 saturated heterocycles. The number of nitrogens with one attached hydrogen (secondary N) is 1. The van der Waals surface area contributed by atoms with E-state index in [0.29, 0.717) is 5.69 Å². The fourth-order valence-electron chi connectivity index (χ4n) is 4.74.